The molecule has 2 heterocycles. The van der Waals surface area contributed by atoms with Crippen molar-refractivity contribution in [3.8, 4) is 0 Å². The molecule has 6 heteroatoms. The van der Waals surface area contributed by atoms with Gasteiger partial charge in [0.1, 0.15) is 5.01 Å². The van der Waals surface area contributed by atoms with E-state index in [1.807, 2.05) is 24.9 Å². The summed E-state index contributed by atoms with van der Waals surface area (Å²) in [5.74, 6) is 0. The highest BCUT2D eigenvalue weighted by molar-refractivity contribution is 7.11. The number of nitrogens with zero attached hydrogens (tertiary/aromatic N) is 2. The number of likely N-dealkylation sites (tertiary alicyclic amines) is 1. The predicted molar refractivity (Wildman–Crippen MR) is 89.3 cm³/mol. The van der Waals surface area contributed by atoms with E-state index >= 15 is 0 Å². The number of amides is 2. The van der Waals surface area contributed by atoms with E-state index in [0.29, 0.717) is 6.61 Å². The van der Waals surface area contributed by atoms with Crippen LogP contribution in [0.1, 0.15) is 55.5 Å². The molecule has 2 atom stereocenters. The molecule has 1 fully saturated rings. The molecule has 1 aliphatic rings. The van der Waals surface area contributed by atoms with Crippen LogP contribution >= 0.6 is 11.3 Å². The number of nitrogens with one attached hydrogen (secondary N) is 1. The lowest BCUT2D eigenvalue weighted by Gasteiger charge is -2.38. The van der Waals surface area contributed by atoms with E-state index in [4.69, 9.17) is 4.74 Å². The molecule has 0 bridgehead atoms. The van der Waals surface area contributed by atoms with Gasteiger partial charge in [0, 0.05) is 24.7 Å². The predicted octanol–water partition coefficient (Wildman–Crippen LogP) is 3.50. The molecule has 1 saturated heterocycles. The van der Waals surface area contributed by atoms with Crippen LogP contribution in [0.2, 0.25) is 0 Å². The molecule has 0 spiro atoms. The highest BCUT2D eigenvalue weighted by atomic mass is 32.1. The summed E-state index contributed by atoms with van der Waals surface area (Å²) in [6.45, 7) is 7.59. The molecule has 0 radical (unpaired) electrons. The first-order valence-corrected chi connectivity index (χ1v) is 8.83. The van der Waals surface area contributed by atoms with Crippen LogP contribution in [0.4, 0.5) is 4.79 Å². The molecule has 0 unspecified atom stereocenters. The Hall–Kier alpha value is -1.14. The standard InChI is InChI=1S/C16H27N3O2S/c1-5-7-16(11-21-4)8-6-9-19(16)15(20)18-13(3)14-17-10-12(2)22-14/h10,13H,5-9,11H2,1-4H3,(H,18,20)/t13-,16-/m1/s1. The van der Waals surface area contributed by atoms with Gasteiger partial charge in [-0.15, -0.1) is 11.3 Å². The number of aryl methyl sites for hydroxylation is 1. The van der Waals surface area contributed by atoms with Crippen LogP contribution in [0, 0.1) is 6.92 Å². The zero-order chi connectivity index (χ0) is 16.2. The fourth-order valence-electron chi connectivity index (χ4n) is 3.37. The third-order valence-electron chi connectivity index (χ3n) is 4.32. The van der Waals surface area contributed by atoms with Crippen LogP contribution in [0.15, 0.2) is 6.20 Å². The fraction of sp³-hybridized carbons (Fsp3) is 0.750. The van der Waals surface area contributed by atoms with Crippen molar-refractivity contribution in [1.82, 2.24) is 15.2 Å². The number of urea groups is 1. The summed E-state index contributed by atoms with van der Waals surface area (Å²) in [6, 6.07) is -0.0583. The highest BCUT2D eigenvalue weighted by Crippen LogP contribution is 2.34. The van der Waals surface area contributed by atoms with Crippen molar-refractivity contribution in [3.63, 3.8) is 0 Å². The molecule has 1 aliphatic heterocycles. The Morgan fingerprint density at radius 1 is 1.64 bits per heavy atom. The van der Waals surface area contributed by atoms with E-state index in [-0.39, 0.29) is 17.6 Å². The van der Waals surface area contributed by atoms with Crippen molar-refractivity contribution in [1.29, 1.82) is 0 Å². The lowest BCUT2D eigenvalue weighted by atomic mass is 9.91. The lowest BCUT2D eigenvalue weighted by Crippen LogP contribution is -2.54. The number of hydrogen-bond acceptors (Lipinski definition) is 4. The Balaban J connectivity index is 2.06. The van der Waals surface area contributed by atoms with Gasteiger partial charge in [0.05, 0.1) is 18.2 Å². The number of ether oxygens (including phenoxy) is 1. The molecule has 2 amide bonds. The lowest BCUT2D eigenvalue weighted by molar-refractivity contribution is 0.0495. The molecule has 22 heavy (non-hydrogen) atoms. The molecule has 1 aromatic heterocycles. The number of carbonyl (C=O) groups excluding carboxylic acids is 1. The number of hydrogen-bond donors (Lipinski definition) is 1. The van der Waals surface area contributed by atoms with Gasteiger partial charge in [-0.05, 0) is 33.1 Å². The second kappa shape index (κ2) is 7.42. The molecule has 0 aromatic carbocycles. The highest BCUT2D eigenvalue weighted by Gasteiger charge is 2.43. The Morgan fingerprint density at radius 3 is 3.00 bits per heavy atom. The van der Waals surface area contributed by atoms with E-state index < -0.39 is 0 Å². The minimum Gasteiger partial charge on any atom is -0.382 e. The van der Waals surface area contributed by atoms with Crippen LogP contribution in [0.5, 0.6) is 0 Å². The van der Waals surface area contributed by atoms with Gasteiger partial charge >= 0.3 is 6.03 Å². The van der Waals surface area contributed by atoms with Crippen molar-refractivity contribution in [2.45, 2.75) is 58.0 Å². The first-order valence-electron chi connectivity index (χ1n) is 8.02. The summed E-state index contributed by atoms with van der Waals surface area (Å²) in [5, 5.41) is 4.06. The Kier molecular flexibility index (Phi) is 5.81. The number of methoxy groups -OCH3 is 1. The van der Waals surface area contributed by atoms with E-state index in [0.717, 1.165) is 42.1 Å². The summed E-state index contributed by atoms with van der Waals surface area (Å²) in [7, 11) is 1.72. The molecule has 124 valence electrons. The SMILES string of the molecule is CCC[C@]1(COC)CCCN1C(=O)N[C@H](C)c1ncc(C)s1. The van der Waals surface area contributed by atoms with Crippen LogP contribution in [0.25, 0.3) is 0 Å². The maximum absolute atomic E-state index is 12.7. The second-order valence-corrected chi connectivity index (χ2v) is 7.41. The number of thiazole rings is 1. The number of rotatable bonds is 6. The van der Waals surface area contributed by atoms with Gasteiger partial charge in [-0.2, -0.15) is 0 Å². The molecular weight excluding hydrogens is 298 g/mol. The largest absolute Gasteiger partial charge is 0.382 e. The zero-order valence-electron chi connectivity index (χ0n) is 14.0. The first kappa shape index (κ1) is 17.2. The third kappa shape index (κ3) is 3.60. The smallest absolute Gasteiger partial charge is 0.318 e. The van der Waals surface area contributed by atoms with Crippen molar-refractivity contribution >= 4 is 17.4 Å². The van der Waals surface area contributed by atoms with E-state index in [1.165, 1.54) is 0 Å². The summed E-state index contributed by atoms with van der Waals surface area (Å²) in [5.41, 5.74) is -0.147. The number of carbonyl (C=O) groups is 1. The second-order valence-electron chi connectivity index (χ2n) is 6.14. The molecule has 0 saturated carbocycles. The number of aromatic nitrogens is 1. The van der Waals surface area contributed by atoms with Crippen LogP contribution in [-0.4, -0.2) is 41.7 Å². The zero-order valence-corrected chi connectivity index (χ0v) is 14.8. The van der Waals surface area contributed by atoms with Gasteiger partial charge in [-0.1, -0.05) is 13.3 Å². The van der Waals surface area contributed by atoms with Gasteiger partial charge in [0.2, 0.25) is 0 Å². The summed E-state index contributed by atoms with van der Waals surface area (Å²) in [6.07, 6.45) is 5.95. The molecule has 2 rings (SSSR count). The quantitative estimate of drug-likeness (QED) is 0.871. The van der Waals surface area contributed by atoms with E-state index in [2.05, 4.69) is 17.2 Å². The van der Waals surface area contributed by atoms with Crippen molar-refractivity contribution in [2.24, 2.45) is 0 Å². The minimum atomic E-state index is -0.147. The average Bonchev–Trinajstić information content (AvgIpc) is 3.06. The first-order chi connectivity index (χ1) is 10.5. The van der Waals surface area contributed by atoms with Gasteiger partial charge < -0.3 is 15.0 Å². The van der Waals surface area contributed by atoms with Gasteiger partial charge in [0.25, 0.3) is 0 Å². The van der Waals surface area contributed by atoms with Crippen LogP contribution < -0.4 is 5.32 Å². The maximum atomic E-state index is 12.7. The molecular formula is C16H27N3O2S. The van der Waals surface area contributed by atoms with Crippen molar-refractivity contribution in [3.05, 3.63) is 16.1 Å². The summed E-state index contributed by atoms with van der Waals surface area (Å²) >= 11 is 1.63. The minimum absolute atomic E-state index is 0.00310. The molecule has 1 N–H and O–H groups in total. The van der Waals surface area contributed by atoms with Crippen LogP contribution in [-0.2, 0) is 4.74 Å². The van der Waals surface area contributed by atoms with Gasteiger partial charge in [-0.3, -0.25) is 0 Å². The fourth-order valence-corrected chi connectivity index (χ4v) is 4.15. The van der Waals surface area contributed by atoms with Gasteiger partial charge in [0.15, 0.2) is 0 Å². The van der Waals surface area contributed by atoms with Crippen molar-refractivity contribution < 1.29 is 9.53 Å². The van der Waals surface area contributed by atoms with Crippen molar-refractivity contribution in [2.75, 3.05) is 20.3 Å². The normalized spacial score (nSPS) is 22.8. The summed E-state index contributed by atoms with van der Waals surface area (Å²) < 4.78 is 5.42. The van der Waals surface area contributed by atoms with E-state index in [9.17, 15) is 4.79 Å². The van der Waals surface area contributed by atoms with Crippen LogP contribution in [0.3, 0.4) is 0 Å². The maximum Gasteiger partial charge on any atom is 0.318 e. The van der Waals surface area contributed by atoms with Gasteiger partial charge in [-0.25, -0.2) is 9.78 Å². The molecule has 5 nitrogen and oxygen atoms in total. The monoisotopic (exact) mass is 325 g/mol. The van der Waals surface area contributed by atoms with E-state index in [1.54, 1.807) is 18.4 Å². The Morgan fingerprint density at radius 2 is 2.41 bits per heavy atom. The third-order valence-corrected chi connectivity index (χ3v) is 5.41. The molecule has 1 aromatic rings. The average molecular weight is 325 g/mol. The Labute approximate surface area is 137 Å². The topological polar surface area (TPSA) is 54.5 Å². The summed E-state index contributed by atoms with van der Waals surface area (Å²) in [4.78, 5) is 20.2. The molecule has 0 aliphatic carbocycles. The Bertz CT molecular complexity index is 497.